The normalized spacial score (nSPS) is 12.5. The summed E-state index contributed by atoms with van der Waals surface area (Å²) in [4.78, 5) is 1.27. The third-order valence-corrected chi connectivity index (χ3v) is 3.69. The van der Waals surface area contributed by atoms with E-state index < -0.39 is 0 Å². The van der Waals surface area contributed by atoms with Crippen molar-refractivity contribution in [3.05, 3.63) is 46.2 Å². The van der Waals surface area contributed by atoms with Gasteiger partial charge in [0.15, 0.2) is 0 Å². The Morgan fingerprint density at radius 1 is 1.29 bits per heavy atom. The smallest absolute Gasteiger partial charge is 0.123 e. The molecular weight excluding hydrogens is 234 g/mol. The molecule has 90 valence electrons. The second-order valence-corrected chi connectivity index (χ2v) is 4.91. The van der Waals surface area contributed by atoms with Crippen molar-refractivity contribution >= 4 is 11.3 Å². The van der Waals surface area contributed by atoms with Gasteiger partial charge in [0.2, 0.25) is 0 Å². The minimum absolute atomic E-state index is 0.0811. The summed E-state index contributed by atoms with van der Waals surface area (Å²) in [6.45, 7) is 2.66. The van der Waals surface area contributed by atoms with Gasteiger partial charge in [0, 0.05) is 29.1 Å². The van der Waals surface area contributed by atoms with E-state index in [1.807, 2.05) is 11.4 Å². The summed E-state index contributed by atoms with van der Waals surface area (Å²) >= 11 is 1.71. The van der Waals surface area contributed by atoms with Gasteiger partial charge in [-0.25, -0.2) is 0 Å². The van der Waals surface area contributed by atoms with Crippen LogP contribution < -0.4 is 5.32 Å². The molecule has 0 saturated heterocycles. The quantitative estimate of drug-likeness (QED) is 0.780. The largest absolute Gasteiger partial charge is 0.508 e. The maximum atomic E-state index is 9.64. The highest BCUT2D eigenvalue weighted by atomic mass is 32.1. The van der Waals surface area contributed by atoms with Gasteiger partial charge in [-0.05, 0) is 24.4 Å². The maximum Gasteiger partial charge on any atom is 0.123 e. The number of phenolic OH excluding ortho intramolecular Hbond substituents is 2. The molecule has 0 saturated carbocycles. The lowest BCUT2D eigenvalue weighted by molar-refractivity contribution is 0.441. The molecule has 1 aromatic carbocycles. The van der Waals surface area contributed by atoms with Crippen LogP contribution in [-0.2, 0) is 6.54 Å². The molecule has 1 unspecified atom stereocenters. The Morgan fingerprint density at radius 2 is 2.12 bits per heavy atom. The van der Waals surface area contributed by atoms with Crippen molar-refractivity contribution < 1.29 is 10.2 Å². The molecule has 0 aliphatic rings. The second kappa shape index (κ2) is 5.21. The van der Waals surface area contributed by atoms with Crippen LogP contribution in [0.25, 0.3) is 0 Å². The van der Waals surface area contributed by atoms with Crippen molar-refractivity contribution in [3.8, 4) is 11.5 Å². The van der Waals surface area contributed by atoms with Crippen LogP contribution >= 0.6 is 11.3 Å². The number of rotatable bonds is 4. The molecule has 0 spiro atoms. The van der Waals surface area contributed by atoms with E-state index in [0.29, 0.717) is 6.54 Å². The van der Waals surface area contributed by atoms with Crippen LogP contribution in [0, 0.1) is 0 Å². The number of aromatic hydroxyl groups is 2. The number of thiophene rings is 1. The number of nitrogens with one attached hydrogen (secondary N) is 1. The van der Waals surface area contributed by atoms with Gasteiger partial charge in [-0.1, -0.05) is 12.1 Å². The Morgan fingerprint density at radius 3 is 2.76 bits per heavy atom. The first kappa shape index (κ1) is 12.0. The zero-order valence-electron chi connectivity index (χ0n) is 9.55. The van der Waals surface area contributed by atoms with E-state index in [9.17, 15) is 10.2 Å². The van der Waals surface area contributed by atoms with Crippen molar-refractivity contribution in [2.24, 2.45) is 0 Å². The van der Waals surface area contributed by atoms with Gasteiger partial charge in [-0.15, -0.1) is 11.3 Å². The average molecular weight is 249 g/mol. The fourth-order valence-corrected chi connectivity index (χ4v) is 2.36. The topological polar surface area (TPSA) is 52.5 Å². The number of hydrogen-bond donors (Lipinski definition) is 3. The molecule has 1 atom stereocenters. The van der Waals surface area contributed by atoms with Gasteiger partial charge in [-0.3, -0.25) is 0 Å². The van der Waals surface area contributed by atoms with Crippen molar-refractivity contribution in [2.75, 3.05) is 0 Å². The summed E-state index contributed by atoms with van der Waals surface area (Å²) in [7, 11) is 0. The standard InChI is InChI=1S/C13H15NO2S/c1-9(13-3-2-6-17-13)14-8-10-4-5-11(15)7-12(10)16/h2-7,9,14-16H,8H2,1H3. The molecule has 0 amide bonds. The van der Waals surface area contributed by atoms with E-state index in [0.717, 1.165) is 5.56 Å². The van der Waals surface area contributed by atoms with E-state index in [1.165, 1.54) is 10.9 Å². The lowest BCUT2D eigenvalue weighted by Crippen LogP contribution is -2.17. The third-order valence-electron chi connectivity index (χ3n) is 2.64. The highest BCUT2D eigenvalue weighted by molar-refractivity contribution is 7.10. The number of hydrogen-bond acceptors (Lipinski definition) is 4. The minimum Gasteiger partial charge on any atom is -0.508 e. The van der Waals surface area contributed by atoms with Gasteiger partial charge in [-0.2, -0.15) is 0 Å². The summed E-state index contributed by atoms with van der Waals surface area (Å²) in [6, 6.07) is 9.01. The second-order valence-electron chi connectivity index (χ2n) is 3.93. The summed E-state index contributed by atoms with van der Waals surface area (Å²) < 4.78 is 0. The minimum atomic E-state index is 0.0811. The summed E-state index contributed by atoms with van der Waals surface area (Å²) in [5, 5.41) is 24.2. The molecule has 0 aliphatic heterocycles. The summed E-state index contributed by atoms with van der Waals surface area (Å²) in [5.41, 5.74) is 0.784. The molecule has 2 rings (SSSR count). The molecule has 0 aliphatic carbocycles. The fraction of sp³-hybridized carbons (Fsp3) is 0.231. The Kier molecular flexibility index (Phi) is 3.66. The Balaban J connectivity index is 1.98. The zero-order valence-corrected chi connectivity index (χ0v) is 10.4. The highest BCUT2D eigenvalue weighted by Gasteiger charge is 2.07. The summed E-state index contributed by atoms with van der Waals surface area (Å²) in [5.74, 6) is 0.202. The summed E-state index contributed by atoms with van der Waals surface area (Å²) in [6.07, 6.45) is 0. The van der Waals surface area contributed by atoms with Crippen LogP contribution in [0.1, 0.15) is 23.4 Å². The molecular formula is C13H15NO2S. The molecule has 1 heterocycles. The predicted octanol–water partition coefficient (Wildman–Crippen LogP) is 3.01. The Bertz CT molecular complexity index is 482. The van der Waals surface area contributed by atoms with E-state index in [-0.39, 0.29) is 17.5 Å². The lowest BCUT2D eigenvalue weighted by Gasteiger charge is -2.13. The van der Waals surface area contributed by atoms with Crippen LogP contribution in [0.2, 0.25) is 0 Å². The third kappa shape index (κ3) is 2.99. The molecule has 0 bridgehead atoms. The maximum absolute atomic E-state index is 9.64. The van der Waals surface area contributed by atoms with Crippen molar-refractivity contribution in [1.82, 2.24) is 5.32 Å². The predicted molar refractivity (Wildman–Crippen MR) is 69.3 cm³/mol. The average Bonchev–Trinajstić information content (AvgIpc) is 2.81. The van der Waals surface area contributed by atoms with E-state index in [4.69, 9.17) is 0 Å². The van der Waals surface area contributed by atoms with Gasteiger partial charge < -0.3 is 15.5 Å². The molecule has 0 fully saturated rings. The zero-order chi connectivity index (χ0) is 12.3. The van der Waals surface area contributed by atoms with Crippen LogP contribution in [0.15, 0.2) is 35.7 Å². The number of phenols is 2. The monoisotopic (exact) mass is 249 g/mol. The van der Waals surface area contributed by atoms with E-state index in [1.54, 1.807) is 23.5 Å². The van der Waals surface area contributed by atoms with Crippen LogP contribution in [0.5, 0.6) is 11.5 Å². The first-order chi connectivity index (χ1) is 8.16. The molecule has 2 aromatic rings. The molecule has 3 nitrogen and oxygen atoms in total. The van der Waals surface area contributed by atoms with E-state index >= 15 is 0 Å². The molecule has 4 heteroatoms. The fourth-order valence-electron chi connectivity index (χ4n) is 1.60. The van der Waals surface area contributed by atoms with Crippen LogP contribution in [-0.4, -0.2) is 10.2 Å². The highest BCUT2D eigenvalue weighted by Crippen LogP contribution is 2.24. The molecule has 1 aromatic heterocycles. The van der Waals surface area contributed by atoms with Crippen molar-refractivity contribution in [1.29, 1.82) is 0 Å². The molecule has 17 heavy (non-hydrogen) atoms. The first-order valence-corrected chi connectivity index (χ1v) is 6.32. The molecule has 3 N–H and O–H groups in total. The van der Waals surface area contributed by atoms with E-state index in [2.05, 4.69) is 18.3 Å². The Hall–Kier alpha value is -1.52. The van der Waals surface area contributed by atoms with Crippen molar-refractivity contribution in [3.63, 3.8) is 0 Å². The Labute approximate surface area is 104 Å². The van der Waals surface area contributed by atoms with Crippen molar-refractivity contribution in [2.45, 2.75) is 19.5 Å². The SMILES string of the molecule is CC(NCc1ccc(O)cc1O)c1cccs1. The van der Waals surface area contributed by atoms with Gasteiger partial charge in [0.25, 0.3) is 0 Å². The number of benzene rings is 1. The van der Waals surface area contributed by atoms with Gasteiger partial charge >= 0.3 is 0 Å². The molecule has 0 radical (unpaired) electrons. The lowest BCUT2D eigenvalue weighted by atomic mass is 10.1. The van der Waals surface area contributed by atoms with Crippen LogP contribution in [0.3, 0.4) is 0 Å². The van der Waals surface area contributed by atoms with Gasteiger partial charge in [0.05, 0.1) is 0 Å². The first-order valence-electron chi connectivity index (χ1n) is 5.44. The van der Waals surface area contributed by atoms with Gasteiger partial charge in [0.1, 0.15) is 11.5 Å². The van der Waals surface area contributed by atoms with Crippen LogP contribution in [0.4, 0.5) is 0 Å².